The van der Waals surface area contributed by atoms with E-state index in [0.717, 1.165) is 11.4 Å². The summed E-state index contributed by atoms with van der Waals surface area (Å²) in [6, 6.07) is 19.3. The van der Waals surface area contributed by atoms with Crippen molar-refractivity contribution in [2.45, 2.75) is 0 Å². The van der Waals surface area contributed by atoms with Gasteiger partial charge in [0.05, 0.1) is 11.4 Å². The molecule has 0 unspecified atom stereocenters. The number of benzene rings is 2. The maximum atomic E-state index is 7.76. The molecular formula is C17H25N4O3PS2. The normalized spacial score (nSPS) is 11.2. The van der Waals surface area contributed by atoms with Gasteiger partial charge in [0, 0.05) is 7.11 Å². The molecule has 0 saturated heterocycles. The largest absolute Gasteiger partial charge is 0.378 e. The minimum absolute atomic E-state index is 0.594. The summed E-state index contributed by atoms with van der Waals surface area (Å²) in [7, 11) is -0.870. The summed E-state index contributed by atoms with van der Waals surface area (Å²) in [6.07, 6.45) is 3.81. The molecule has 0 atom stereocenters. The minimum Gasteiger partial charge on any atom is -0.378 e. The summed E-state index contributed by atoms with van der Waals surface area (Å²) in [5.74, 6) is 0. The Morgan fingerprint density at radius 1 is 0.815 bits per heavy atom. The molecule has 0 fully saturated rings. The molecule has 2 aromatic rings. The fraction of sp³-hybridized carbons (Fsp3) is 0.176. The van der Waals surface area contributed by atoms with Crippen LogP contribution < -0.4 is 11.5 Å². The van der Waals surface area contributed by atoms with E-state index in [1.165, 1.54) is 30.6 Å². The number of amidine groups is 2. The fourth-order valence-corrected chi connectivity index (χ4v) is 1.74. The van der Waals surface area contributed by atoms with Crippen LogP contribution in [0.2, 0.25) is 0 Å². The smallest absolute Gasteiger partial charge is 0.326 e. The van der Waals surface area contributed by atoms with Crippen LogP contribution >= 0.6 is 32.1 Å². The lowest BCUT2D eigenvalue weighted by Crippen LogP contribution is -2.03. The average Bonchev–Trinajstić information content (AvgIpc) is 2.70. The molecule has 2 aromatic carbocycles. The van der Waals surface area contributed by atoms with Gasteiger partial charge in [0.15, 0.2) is 10.3 Å². The van der Waals surface area contributed by atoms with Gasteiger partial charge in [-0.1, -0.05) is 59.9 Å². The van der Waals surface area contributed by atoms with E-state index in [-0.39, 0.29) is 0 Å². The van der Waals surface area contributed by atoms with Gasteiger partial charge in [0.2, 0.25) is 0 Å². The summed E-state index contributed by atoms with van der Waals surface area (Å²) >= 11 is 2.89. The number of thioether (sulfide) groups is 2. The fourth-order valence-electron chi connectivity index (χ4n) is 1.35. The maximum absolute atomic E-state index is 7.76. The molecule has 0 aromatic heterocycles. The lowest BCUT2D eigenvalue weighted by molar-refractivity contribution is 0.310. The number of hydrogen-bond donors (Lipinski definition) is 4. The number of nitrogens with two attached hydrogens (primary N) is 2. The van der Waals surface area contributed by atoms with Gasteiger partial charge in [-0.3, -0.25) is 0 Å². The first kappa shape index (κ1) is 25.4. The molecule has 0 amide bonds. The zero-order chi connectivity index (χ0) is 20.5. The zero-order valence-corrected chi connectivity index (χ0v) is 17.9. The van der Waals surface area contributed by atoms with Crippen LogP contribution in [0, 0.1) is 0 Å². The standard InChI is InChI=1S/2C8H10N2S.CH5O3P/c2*1-11-8(9)10-7-5-3-2-4-6-7;1-4-5(2)3/h2*2-6H,1H3,(H2,9,10);2-3H,1H3. The van der Waals surface area contributed by atoms with Gasteiger partial charge in [0.25, 0.3) is 0 Å². The Kier molecular flexibility index (Phi) is 15.6. The first-order valence-corrected chi connectivity index (χ1v) is 11.1. The van der Waals surface area contributed by atoms with Crippen LogP contribution in [0.15, 0.2) is 70.6 Å². The first-order chi connectivity index (χ1) is 12.9. The van der Waals surface area contributed by atoms with E-state index in [9.17, 15) is 0 Å². The Labute approximate surface area is 170 Å². The van der Waals surface area contributed by atoms with Crippen molar-refractivity contribution in [3.63, 3.8) is 0 Å². The molecule has 0 heterocycles. The second kappa shape index (κ2) is 16.6. The molecule has 0 spiro atoms. The molecule has 10 heteroatoms. The average molecular weight is 429 g/mol. The Hall–Kier alpha value is -1.61. The van der Waals surface area contributed by atoms with Crippen LogP contribution in [0.3, 0.4) is 0 Å². The molecule has 0 aliphatic carbocycles. The zero-order valence-electron chi connectivity index (χ0n) is 15.4. The topological polar surface area (TPSA) is 126 Å². The molecule has 6 N–H and O–H groups in total. The minimum atomic E-state index is -2.10. The van der Waals surface area contributed by atoms with E-state index >= 15 is 0 Å². The molecular weight excluding hydrogens is 403 g/mol. The summed E-state index contributed by atoms with van der Waals surface area (Å²) in [5, 5.41) is 1.19. The van der Waals surface area contributed by atoms with Crippen LogP contribution in [-0.4, -0.2) is 39.7 Å². The van der Waals surface area contributed by atoms with Crippen molar-refractivity contribution >= 4 is 53.8 Å². The van der Waals surface area contributed by atoms with Crippen molar-refractivity contribution in [1.29, 1.82) is 0 Å². The van der Waals surface area contributed by atoms with E-state index in [4.69, 9.17) is 21.3 Å². The Morgan fingerprint density at radius 3 is 1.33 bits per heavy atom. The van der Waals surface area contributed by atoms with Gasteiger partial charge >= 0.3 is 8.60 Å². The Balaban J connectivity index is 0.000000405. The Morgan fingerprint density at radius 2 is 1.11 bits per heavy atom. The van der Waals surface area contributed by atoms with Gasteiger partial charge in [0.1, 0.15) is 0 Å². The molecule has 148 valence electrons. The van der Waals surface area contributed by atoms with Crippen LogP contribution in [0.5, 0.6) is 0 Å². The molecule has 7 nitrogen and oxygen atoms in total. The van der Waals surface area contributed by atoms with Crippen LogP contribution in [0.25, 0.3) is 0 Å². The third-order valence-electron chi connectivity index (χ3n) is 2.57. The number of hydrogen-bond acceptors (Lipinski definition) is 7. The predicted octanol–water partition coefficient (Wildman–Crippen LogP) is 3.84. The first-order valence-electron chi connectivity index (χ1n) is 7.51. The van der Waals surface area contributed by atoms with E-state index in [2.05, 4.69) is 14.5 Å². The monoisotopic (exact) mass is 428 g/mol. The van der Waals surface area contributed by atoms with Gasteiger partial charge in [-0.05, 0) is 36.8 Å². The third kappa shape index (κ3) is 15.2. The molecule has 0 bridgehead atoms. The van der Waals surface area contributed by atoms with E-state index in [1.807, 2.05) is 73.2 Å². The van der Waals surface area contributed by atoms with E-state index in [0.29, 0.717) is 10.3 Å². The third-order valence-corrected chi connectivity index (χ3v) is 3.92. The Bertz CT molecular complexity index is 619. The molecule has 2 rings (SSSR count). The summed E-state index contributed by atoms with van der Waals surface area (Å²) < 4.78 is 3.93. The SMILES string of the molecule is COP(O)O.CSC(N)=Nc1ccccc1.CSC(N)=Nc1ccccc1. The molecule has 27 heavy (non-hydrogen) atoms. The number of aliphatic imine (C=N–C) groups is 2. The molecule has 0 saturated carbocycles. The van der Waals surface area contributed by atoms with Crippen molar-refractivity contribution in [2.24, 2.45) is 21.5 Å². The van der Waals surface area contributed by atoms with Gasteiger partial charge in [-0.15, -0.1) is 0 Å². The highest BCUT2D eigenvalue weighted by atomic mass is 32.2. The number of para-hydroxylation sites is 2. The van der Waals surface area contributed by atoms with Gasteiger partial charge in [-0.25, -0.2) is 9.98 Å². The predicted molar refractivity (Wildman–Crippen MR) is 121 cm³/mol. The number of nitrogens with zero attached hydrogens (tertiary/aromatic N) is 2. The highest BCUT2D eigenvalue weighted by Crippen LogP contribution is 2.20. The second-order valence-electron chi connectivity index (χ2n) is 4.41. The second-order valence-corrected chi connectivity index (χ2v) is 6.94. The summed E-state index contributed by atoms with van der Waals surface area (Å²) in [6.45, 7) is 0. The lowest BCUT2D eigenvalue weighted by Gasteiger charge is -1.94. The molecule has 0 aliphatic heterocycles. The van der Waals surface area contributed by atoms with E-state index < -0.39 is 8.60 Å². The van der Waals surface area contributed by atoms with Crippen molar-refractivity contribution in [2.75, 3.05) is 19.6 Å². The highest BCUT2D eigenvalue weighted by molar-refractivity contribution is 8.13. The molecule has 0 radical (unpaired) electrons. The number of rotatable bonds is 3. The summed E-state index contributed by atoms with van der Waals surface area (Å²) in [5.41, 5.74) is 12.8. The lowest BCUT2D eigenvalue weighted by atomic mass is 10.3. The maximum Gasteiger partial charge on any atom is 0.326 e. The summed E-state index contributed by atoms with van der Waals surface area (Å²) in [4.78, 5) is 23.8. The van der Waals surface area contributed by atoms with E-state index in [1.54, 1.807) is 0 Å². The highest BCUT2D eigenvalue weighted by Gasteiger charge is 1.89. The van der Waals surface area contributed by atoms with Gasteiger partial charge < -0.3 is 25.8 Å². The molecule has 0 aliphatic rings. The van der Waals surface area contributed by atoms with Crippen molar-refractivity contribution < 1.29 is 14.3 Å². The van der Waals surface area contributed by atoms with Crippen LogP contribution in [-0.2, 0) is 4.52 Å². The quantitative estimate of drug-likeness (QED) is 0.332. The van der Waals surface area contributed by atoms with Crippen molar-refractivity contribution in [3.8, 4) is 0 Å². The van der Waals surface area contributed by atoms with Gasteiger partial charge in [-0.2, -0.15) is 0 Å². The van der Waals surface area contributed by atoms with Crippen molar-refractivity contribution in [3.05, 3.63) is 60.7 Å². The van der Waals surface area contributed by atoms with Crippen LogP contribution in [0.4, 0.5) is 11.4 Å². The van der Waals surface area contributed by atoms with Crippen LogP contribution in [0.1, 0.15) is 0 Å². The van der Waals surface area contributed by atoms with Crippen molar-refractivity contribution in [1.82, 2.24) is 0 Å².